The topological polar surface area (TPSA) is 59.8 Å². The summed E-state index contributed by atoms with van der Waals surface area (Å²) in [5, 5.41) is 0.563. The molecule has 1 aliphatic rings. The van der Waals surface area contributed by atoms with Gasteiger partial charge in [0.15, 0.2) is 11.2 Å². The number of fused-ring (bicyclic) bond motifs is 1. The Morgan fingerprint density at radius 3 is 2.55 bits per heavy atom. The highest BCUT2D eigenvalue weighted by atomic mass is 35.5. The van der Waals surface area contributed by atoms with Gasteiger partial charge in [0.25, 0.3) is 0 Å². The molecule has 0 aliphatic carbocycles. The van der Waals surface area contributed by atoms with E-state index in [1.54, 1.807) is 36.4 Å². The van der Waals surface area contributed by atoms with Gasteiger partial charge in [-0.15, -0.1) is 12.4 Å². The van der Waals surface area contributed by atoms with Gasteiger partial charge < -0.3 is 14.1 Å². The number of nitrogens with zero attached hydrogens (tertiary/aromatic N) is 1. The number of carbonyl (C=O) groups is 1. The normalized spacial score (nSPS) is 14.7. The molecule has 0 atom stereocenters. The molecule has 5 nitrogen and oxygen atoms in total. The van der Waals surface area contributed by atoms with E-state index in [1.165, 1.54) is 12.1 Å². The molecule has 1 aromatic heterocycles. The van der Waals surface area contributed by atoms with Crippen LogP contribution in [0.25, 0.3) is 11.0 Å². The number of likely N-dealkylation sites (tertiary alicyclic amines) is 1. The summed E-state index contributed by atoms with van der Waals surface area (Å²) < 4.78 is 24.7. The fourth-order valence-corrected chi connectivity index (χ4v) is 4.20. The van der Waals surface area contributed by atoms with Crippen LogP contribution in [-0.4, -0.2) is 36.9 Å². The van der Waals surface area contributed by atoms with Crippen LogP contribution in [0, 0.1) is 11.7 Å². The molecule has 2 aromatic carbocycles. The van der Waals surface area contributed by atoms with Crippen molar-refractivity contribution in [2.45, 2.75) is 32.6 Å². The summed E-state index contributed by atoms with van der Waals surface area (Å²) in [7, 11) is 0. The highest BCUT2D eigenvalue weighted by Gasteiger charge is 2.25. The first-order valence-corrected chi connectivity index (χ1v) is 11.2. The summed E-state index contributed by atoms with van der Waals surface area (Å²) in [4.78, 5) is 27.1. The van der Waals surface area contributed by atoms with Crippen molar-refractivity contribution in [3.63, 3.8) is 0 Å². The molecule has 176 valence electrons. The second kappa shape index (κ2) is 11.4. The Morgan fingerprint density at radius 2 is 1.85 bits per heavy atom. The van der Waals surface area contributed by atoms with Crippen LogP contribution in [0.3, 0.4) is 0 Å². The van der Waals surface area contributed by atoms with E-state index >= 15 is 0 Å². The van der Waals surface area contributed by atoms with E-state index in [9.17, 15) is 14.0 Å². The average Bonchev–Trinajstić information content (AvgIpc) is 2.82. The summed E-state index contributed by atoms with van der Waals surface area (Å²) in [6.07, 6.45) is 3.18. The molecule has 33 heavy (non-hydrogen) atoms. The zero-order chi connectivity index (χ0) is 22.5. The van der Waals surface area contributed by atoms with Crippen LogP contribution < -0.4 is 10.2 Å². The number of ketones is 1. The Kier molecular flexibility index (Phi) is 8.64. The molecule has 0 saturated carbocycles. The molecule has 0 bridgehead atoms. The molecule has 3 aromatic rings. The van der Waals surface area contributed by atoms with Crippen LogP contribution in [0.1, 0.15) is 42.3 Å². The number of benzene rings is 2. The average molecular weight is 474 g/mol. The third kappa shape index (κ3) is 6.21. The van der Waals surface area contributed by atoms with E-state index < -0.39 is 0 Å². The highest BCUT2D eigenvalue weighted by Crippen LogP contribution is 2.23. The molecule has 0 amide bonds. The third-order valence-electron chi connectivity index (χ3n) is 6.07. The summed E-state index contributed by atoms with van der Waals surface area (Å²) in [6, 6.07) is 12.7. The maximum absolute atomic E-state index is 13.1. The van der Waals surface area contributed by atoms with Gasteiger partial charge in [-0.1, -0.05) is 6.92 Å². The first-order valence-electron chi connectivity index (χ1n) is 11.2. The minimum Gasteiger partial charge on any atom is -0.493 e. The number of rotatable bonds is 8. The molecule has 1 aliphatic heterocycles. The van der Waals surface area contributed by atoms with Crippen molar-refractivity contribution in [2.75, 3.05) is 26.2 Å². The standard InChI is InChI=1S/C26H28FNO4.ClH/c1-2-21-16-24(29)23-9-8-22(17-25(23)32-21)31-15-3-12-28-13-10-19(11-14-28)26(30)18-4-6-20(27)7-5-18;/h4-9,16-17,19H,2-3,10-15H2,1H3;1H. The Morgan fingerprint density at radius 1 is 1.12 bits per heavy atom. The lowest BCUT2D eigenvalue weighted by molar-refractivity contribution is 0.0835. The quantitative estimate of drug-likeness (QED) is 0.329. The number of Topliss-reactive ketones (excluding diaryl/α,β-unsaturated/α-hetero) is 1. The minimum atomic E-state index is -0.322. The lowest BCUT2D eigenvalue weighted by Gasteiger charge is -2.31. The van der Waals surface area contributed by atoms with E-state index in [0.717, 1.165) is 38.9 Å². The van der Waals surface area contributed by atoms with Gasteiger partial charge in [0.1, 0.15) is 22.9 Å². The number of piperidine rings is 1. The predicted octanol–water partition coefficient (Wildman–Crippen LogP) is 5.28. The van der Waals surface area contributed by atoms with Crippen molar-refractivity contribution in [1.82, 2.24) is 4.90 Å². The van der Waals surface area contributed by atoms with Gasteiger partial charge in [-0.25, -0.2) is 4.39 Å². The van der Waals surface area contributed by atoms with Gasteiger partial charge in [0.2, 0.25) is 0 Å². The molecule has 0 radical (unpaired) electrons. The molecular weight excluding hydrogens is 445 g/mol. The number of aryl methyl sites for hydroxylation is 1. The predicted molar refractivity (Wildman–Crippen MR) is 129 cm³/mol. The van der Waals surface area contributed by atoms with Crippen LogP contribution in [-0.2, 0) is 6.42 Å². The van der Waals surface area contributed by atoms with Crippen molar-refractivity contribution in [3.8, 4) is 5.75 Å². The van der Waals surface area contributed by atoms with E-state index in [-0.39, 0.29) is 35.4 Å². The van der Waals surface area contributed by atoms with Crippen LogP contribution >= 0.6 is 12.4 Å². The van der Waals surface area contributed by atoms with Crippen LogP contribution in [0.5, 0.6) is 5.75 Å². The molecule has 1 saturated heterocycles. The maximum Gasteiger partial charge on any atom is 0.192 e. The second-order valence-corrected chi connectivity index (χ2v) is 8.28. The molecule has 1 fully saturated rings. The van der Waals surface area contributed by atoms with Crippen molar-refractivity contribution in [2.24, 2.45) is 5.92 Å². The monoisotopic (exact) mass is 473 g/mol. The first kappa shape index (κ1) is 24.9. The van der Waals surface area contributed by atoms with Gasteiger partial charge >= 0.3 is 0 Å². The van der Waals surface area contributed by atoms with Crippen LogP contribution in [0.2, 0.25) is 0 Å². The molecule has 7 heteroatoms. The summed E-state index contributed by atoms with van der Waals surface area (Å²) in [5.41, 5.74) is 1.12. The molecule has 4 rings (SSSR count). The van der Waals surface area contributed by atoms with Crippen molar-refractivity contribution < 1.29 is 18.3 Å². The Bertz CT molecular complexity index is 1140. The highest BCUT2D eigenvalue weighted by molar-refractivity contribution is 5.97. The van der Waals surface area contributed by atoms with Crippen LogP contribution in [0.15, 0.2) is 57.7 Å². The van der Waals surface area contributed by atoms with Crippen LogP contribution in [0.4, 0.5) is 4.39 Å². The van der Waals surface area contributed by atoms with Crippen molar-refractivity contribution >= 4 is 29.2 Å². The zero-order valence-electron chi connectivity index (χ0n) is 18.7. The Balaban J connectivity index is 0.00000306. The number of hydrogen-bond donors (Lipinski definition) is 0. The van der Waals surface area contributed by atoms with E-state index in [1.807, 2.05) is 6.92 Å². The minimum absolute atomic E-state index is 0. The fraction of sp³-hybridized carbons (Fsp3) is 0.385. The number of carbonyl (C=O) groups excluding carboxylic acids is 1. The lowest BCUT2D eigenvalue weighted by Crippen LogP contribution is -2.37. The summed E-state index contributed by atoms with van der Waals surface area (Å²) in [5.74, 6) is 1.16. The van der Waals surface area contributed by atoms with E-state index in [4.69, 9.17) is 9.15 Å². The number of ether oxygens (including phenoxy) is 1. The SMILES string of the molecule is CCc1cc(=O)c2ccc(OCCCN3CCC(C(=O)c4ccc(F)cc4)CC3)cc2o1.Cl. The van der Waals surface area contributed by atoms with Gasteiger partial charge in [0.05, 0.1) is 12.0 Å². The van der Waals surface area contributed by atoms with Crippen molar-refractivity contribution in [1.29, 1.82) is 0 Å². The third-order valence-corrected chi connectivity index (χ3v) is 6.07. The molecule has 0 spiro atoms. The Labute approximate surface area is 198 Å². The Hall–Kier alpha value is -2.70. The first-order chi connectivity index (χ1) is 15.5. The fourth-order valence-electron chi connectivity index (χ4n) is 4.20. The largest absolute Gasteiger partial charge is 0.493 e. The lowest BCUT2D eigenvalue weighted by atomic mass is 9.89. The van der Waals surface area contributed by atoms with Gasteiger partial charge in [-0.2, -0.15) is 0 Å². The van der Waals surface area contributed by atoms with Gasteiger partial charge in [0, 0.05) is 36.6 Å². The summed E-state index contributed by atoms with van der Waals surface area (Å²) >= 11 is 0. The number of hydrogen-bond acceptors (Lipinski definition) is 5. The van der Waals surface area contributed by atoms with Gasteiger partial charge in [-0.3, -0.25) is 9.59 Å². The molecule has 0 N–H and O–H groups in total. The van der Waals surface area contributed by atoms with Crippen molar-refractivity contribution in [3.05, 3.63) is 75.9 Å². The molecular formula is C26H29ClFNO4. The van der Waals surface area contributed by atoms with E-state index in [2.05, 4.69) is 4.90 Å². The van der Waals surface area contributed by atoms with Gasteiger partial charge in [-0.05, 0) is 68.8 Å². The zero-order valence-corrected chi connectivity index (χ0v) is 19.5. The van der Waals surface area contributed by atoms with E-state index in [0.29, 0.717) is 41.1 Å². The molecule has 2 heterocycles. The smallest absolute Gasteiger partial charge is 0.192 e. The molecule has 0 unspecified atom stereocenters. The second-order valence-electron chi connectivity index (χ2n) is 8.28. The number of halogens is 2. The maximum atomic E-state index is 13.1. The summed E-state index contributed by atoms with van der Waals surface area (Å²) in [6.45, 7) is 5.17.